The zero-order valence-electron chi connectivity index (χ0n) is 11.4. The van der Waals surface area contributed by atoms with Gasteiger partial charge in [0.15, 0.2) is 0 Å². The molecule has 0 aliphatic rings. The normalized spacial score (nSPS) is 14.7. The third kappa shape index (κ3) is 1.70. The van der Waals surface area contributed by atoms with Crippen molar-refractivity contribution in [3.05, 3.63) is 59.5 Å². The molecule has 2 heterocycles. The molecule has 0 spiro atoms. The largest absolute Gasteiger partial charge is 0.378 e. The Hall–Kier alpha value is -2.00. The van der Waals surface area contributed by atoms with Gasteiger partial charge in [-0.1, -0.05) is 18.2 Å². The highest BCUT2D eigenvalue weighted by molar-refractivity contribution is 5.84. The van der Waals surface area contributed by atoms with E-state index in [9.17, 15) is 5.11 Å². The Morgan fingerprint density at radius 1 is 1.16 bits per heavy atom. The summed E-state index contributed by atoms with van der Waals surface area (Å²) < 4.78 is 1.95. The molecule has 0 aliphatic carbocycles. The standard InChI is InChI=1S/C16H18N2O/c1-11-12-7-4-5-8-13(12)17-15(11)16(2,19)14-9-6-10-18(14)3/h4-10,17,19H,1-3H3. The molecular formula is C16H18N2O. The van der Waals surface area contributed by atoms with Gasteiger partial charge in [0.25, 0.3) is 0 Å². The molecule has 3 nitrogen and oxygen atoms in total. The minimum Gasteiger partial charge on any atom is -0.378 e. The van der Waals surface area contributed by atoms with Crippen LogP contribution in [0.15, 0.2) is 42.6 Å². The number of para-hydroxylation sites is 1. The minimum absolute atomic E-state index is 0.857. The second-order valence-electron chi connectivity index (χ2n) is 5.25. The van der Waals surface area contributed by atoms with Crippen molar-refractivity contribution in [3.8, 4) is 0 Å². The first kappa shape index (κ1) is 12.1. The topological polar surface area (TPSA) is 41.0 Å². The highest BCUT2D eigenvalue weighted by Gasteiger charge is 2.31. The number of benzene rings is 1. The molecular weight excluding hydrogens is 236 g/mol. The molecule has 0 saturated heterocycles. The van der Waals surface area contributed by atoms with Crippen molar-refractivity contribution >= 4 is 10.9 Å². The predicted molar refractivity (Wildman–Crippen MR) is 77.1 cm³/mol. The smallest absolute Gasteiger partial charge is 0.141 e. The molecule has 1 atom stereocenters. The van der Waals surface area contributed by atoms with Gasteiger partial charge in [-0.3, -0.25) is 0 Å². The van der Waals surface area contributed by atoms with Crippen molar-refractivity contribution in [2.45, 2.75) is 19.4 Å². The Labute approximate surface area is 112 Å². The van der Waals surface area contributed by atoms with E-state index in [1.54, 1.807) is 0 Å². The minimum atomic E-state index is -1.03. The van der Waals surface area contributed by atoms with Gasteiger partial charge in [-0.05, 0) is 37.6 Å². The number of hydrogen-bond donors (Lipinski definition) is 2. The van der Waals surface area contributed by atoms with Crippen LogP contribution in [0.3, 0.4) is 0 Å². The van der Waals surface area contributed by atoms with Crippen LogP contribution in [0.4, 0.5) is 0 Å². The molecule has 0 radical (unpaired) electrons. The van der Waals surface area contributed by atoms with Gasteiger partial charge in [0.05, 0.1) is 11.4 Å². The second kappa shape index (κ2) is 4.00. The summed E-state index contributed by atoms with van der Waals surface area (Å²) in [5.74, 6) is 0. The Kier molecular flexibility index (Phi) is 2.54. The van der Waals surface area contributed by atoms with Crippen LogP contribution in [0.5, 0.6) is 0 Å². The quantitative estimate of drug-likeness (QED) is 0.725. The van der Waals surface area contributed by atoms with Crippen LogP contribution in [-0.4, -0.2) is 14.7 Å². The maximum absolute atomic E-state index is 11.0. The van der Waals surface area contributed by atoms with E-state index in [1.807, 2.05) is 62.0 Å². The van der Waals surface area contributed by atoms with Gasteiger partial charge < -0.3 is 14.7 Å². The van der Waals surface area contributed by atoms with Crippen LogP contribution >= 0.6 is 0 Å². The summed E-state index contributed by atoms with van der Waals surface area (Å²) in [5.41, 5.74) is 2.87. The third-order valence-electron chi connectivity index (χ3n) is 3.90. The van der Waals surface area contributed by atoms with Crippen molar-refractivity contribution < 1.29 is 5.11 Å². The zero-order chi connectivity index (χ0) is 13.6. The fourth-order valence-corrected chi connectivity index (χ4v) is 2.86. The Morgan fingerprint density at radius 3 is 2.53 bits per heavy atom. The summed E-state index contributed by atoms with van der Waals surface area (Å²) in [6.45, 7) is 3.88. The number of nitrogens with zero attached hydrogens (tertiary/aromatic N) is 1. The molecule has 19 heavy (non-hydrogen) atoms. The van der Waals surface area contributed by atoms with Crippen LogP contribution in [0.2, 0.25) is 0 Å². The molecule has 2 aromatic heterocycles. The number of nitrogens with one attached hydrogen (secondary N) is 1. The van der Waals surface area contributed by atoms with Gasteiger partial charge in [-0.15, -0.1) is 0 Å². The number of rotatable bonds is 2. The average Bonchev–Trinajstić information content (AvgIpc) is 2.95. The summed E-state index contributed by atoms with van der Waals surface area (Å²) in [5, 5.41) is 12.1. The second-order valence-corrected chi connectivity index (χ2v) is 5.25. The predicted octanol–water partition coefficient (Wildman–Crippen LogP) is 3.07. The third-order valence-corrected chi connectivity index (χ3v) is 3.90. The van der Waals surface area contributed by atoms with Crippen LogP contribution in [0, 0.1) is 6.92 Å². The molecule has 98 valence electrons. The van der Waals surface area contributed by atoms with Crippen LogP contribution in [-0.2, 0) is 12.6 Å². The molecule has 1 unspecified atom stereocenters. The van der Waals surface area contributed by atoms with E-state index >= 15 is 0 Å². The maximum Gasteiger partial charge on any atom is 0.141 e. The first-order chi connectivity index (χ1) is 9.01. The average molecular weight is 254 g/mol. The molecule has 0 saturated carbocycles. The van der Waals surface area contributed by atoms with Crippen LogP contribution < -0.4 is 0 Å². The van der Waals surface area contributed by atoms with E-state index in [0.29, 0.717) is 0 Å². The van der Waals surface area contributed by atoms with Crippen molar-refractivity contribution in [2.75, 3.05) is 0 Å². The molecule has 3 heteroatoms. The van der Waals surface area contributed by atoms with E-state index in [-0.39, 0.29) is 0 Å². The Bertz CT molecular complexity index is 734. The summed E-state index contributed by atoms with van der Waals surface area (Å²) in [7, 11) is 1.95. The fraction of sp³-hybridized carbons (Fsp3) is 0.250. The Morgan fingerprint density at radius 2 is 1.89 bits per heavy atom. The SMILES string of the molecule is Cc1c(C(C)(O)c2cccn2C)[nH]c2ccccc12. The number of aromatic amines is 1. The van der Waals surface area contributed by atoms with Gasteiger partial charge in [-0.2, -0.15) is 0 Å². The van der Waals surface area contributed by atoms with Crippen molar-refractivity contribution in [1.82, 2.24) is 9.55 Å². The number of H-pyrrole nitrogens is 1. The summed E-state index contributed by atoms with van der Waals surface area (Å²) in [6.07, 6.45) is 1.95. The van der Waals surface area contributed by atoms with E-state index < -0.39 is 5.60 Å². The van der Waals surface area contributed by atoms with Crippen LogP contribution in [0.1, 0.15) is 23.9 Å². The highest BCUT2D eigenvalue weighted by atomic mass is 16.3. The first-order valence-electron chi connectivity index (χ1n) is 6.44. The van der Waals surface area contributed by atoms with Gasteiger partial charge in [0.1, 0.15) is 5.60 Å². The number of aliphatic hydroxyl groups is 1. The lowest BCUT2D eigenvalue weighted by Crippen LogP contribution is -2.27. The first-order valence-corrected chi connectivity index (χ1v) is 6.44. The lowest BCUT2D eigenvalue weighted by atomic mass is 9.94. The zero-order valence-corrected chi connectivity index (χ0v) is 11.4. The van der Waals surface area contributed by atoms with Gasteiger partial charge in [0, 0.05) is 24.1 Å². The molecule has 0 amide bonds. The van der Waals surface area contributed by atoms with Gasteiger partial charge in [-0.25, -0.2) is 0 Å². The van der Waals surface area contributed by atoms with Crippen molar-refractivity contribution in [3.63, 3.8) is 0 Å². The molecule has 1 aromatic carbocycles. The van der Waals surface area contributed by atoms with Gasteiger partial charge >= 0.3 is 0 Å². The van der Waals surface area contributed by atoms with Gasteiger partial charge in [0.2, 0.25) is 0 Å². The Balaban J connectivity index is 2.24. The molecule has 2 N–H and O–H groups in total. The molecule has 3 aromatic rings. The van der Waals surface area contributed by atoms with E-state index in [1.165, 1.54) is 0 Å². The number of aryl methyl sites for hydroxylation is 2. The summed E-state index contributed by atoms with van der Waals surface area (Å²) >= 11 is 0. The fourth-order valence-electron chi connectivity index (χ4n) is 2.86. The van der Waals surface area contributed by atoms with Crippen LogP contribution in [0.25, 0.3) is 10.9 Å². The monoisotopic (exact) mass is 254 g/mol. The van der Waals surface area contributed by atoms with Crippen molar-refractivity contribution in [2.24, 2.45) is 7.05 Å². The highest BCUT2D eigenvalue weighted by Crippen LogP contribution is 2.34. The van der Waals surface area contributed by atoms with Crippen molar-refractivity contribution in [1.29, 1.82) is 0 Å². The molecule has 0 aliphatic heterocycles. The van der Waals surface area contributed by atoms with E-state index in [4.69, 9.17) is 0 Å². The number of fused-ring (bicyclic) bond motifs is 1. The molecule has 3 rings (SSSR count). The number of hydrogen-bond acceptors (Lipinski definition) is 1. The molecule has 0 fully saturated rings. The maximum atomic E-state index is 11.0. The van der Waals surface area contributed by atoms with E-state index in [2.05, 4.69) is 11.1 Å². The lowest BCUT2D eigenvalue weighted by Gasteiger charge is -2.24. The van der Waals surface area contributed by atoms with E-state index in [0.717, 1.165) is 27.9 Å². The number of aromatic nitrogens is 2. The molecule has 0 bridgehead atoms. The lowest BCUT2D eigenvalue weighted by molar-refractivity contribution is 0.0896. The summed E-state index contributed by atoms with van der Waals surface area (Å²) in [6, 6.07) is 12.0. The summed E-state index contributed by atoms with van der Waals surface area (Å²) in [4.78, 5) is 3.36.